The molecule has 1 unspecified atom stereocenters. The summed E-state index contributed by atoms with van der Waals surface area (Å²) in [4.78, 5) is 13.5. The van der Waals surface area contributed by atoms with Crippen LogP contribution in [0.3, 0.4) is 0 Å². The first-order chi connectivity index (χ1) is 12.5. The van der Waals surface area contributed by atoms with Crippen LogP contribution in [0, 0.1) is 0 Å². The van der Waals surface area contributed by atoms with E-state index in [2.05, 4.69) is 5.32 Å². The van der Waals surface area contributed by atoms with Gasteiger partial charge in [-0.05, 0) is 48.9 Å². The van der Waals surface area contributed by atoms with Gasteiger partial charge in [0.15, 0.2) is 18.0 Å². The van der Waals surface area contributed by atoms with E-state index in [4.69, 9.17) is 14.2 Å². The number of methoxy groups -OCH3 is 1. The molecule has 26 heavy (non-hydrogen) atoms. The Morgan fingerprint density at radius 2 is 1.92 bits per heavy atom. The molecule has 0 spiro atoms. The molecule has 6 nitrogen and oxygen atoms in total. The Morgan fingerprint density at radius 1 is 1.19 bits per heavy atom. The number of rotatable bonds is 7. The van der Waals surface area contributed by atoms with Gasteiger partial charge in [0.25, 0.3) is 5.91 Å². The van der Waals surface area contributed by atoms with Gasteiger partial charge >= 0.3 is 0 Å². The minimum atomic E-state index is -0.0919. The van der Waals surface area contributed by atoms with Crippen molar-refractivity contribution in [3.05, 3.63) is 53.6 Å². The molecule has 1 aliphatic rings. The van der Waals surface area contributed by atoms with Crippen LogP contribution in [0.1, 0.15) is 24.1 Å². The van der Waals surface area contributed by atoms with E-state index in [9.17, 15) is 4.79 Å². The smallest absolute Gasteiger partial charge is 0.275 e. The molecule has 0 aromatic heterocycles. The predicted molar refractivity (Wildman–Crippen MR) is 97.6 cm³/mol. The van der Waals surface area contributed by atoms with Crippen molar-refractivity contribution in [2.45, 2.75) is 19.5 Å². The molecule has 0 saturated carbocycles. The van der Waals surface area contributed by atoms with E-state index in [1.807, 2.05) is 56.4 Å². The zero-order chi connectivity index (χ0) is 18.5. The van der Waals surface area contributed by atoms with E-state index in [1.54, 1.807) is 7.11 Å². The molecule has 138 valence electrons. The van der Waals surface area contributed by atoms with Crippen molar-refractivity contribution < 1.29 is 23.9 Å². The molecule has 1 aliphatic heterocycles. The summed E-state index contributed by atoms with van der Waals surface area (Å²) in [7, 11) is 3.66. The van der Waals surface area contributed by atoms with E-state index < -0.39 is 0 Å². The number of quaternary nitrogens is 1. The van der Waals surface area contributed by atoms with Crippen LogP contribution in [0.15, 0.2) is 42.5 Å². The summed E-state index contributed by atoms with van der Waals surface area (Å²) in [5.41, 5.74) is 2.16. The lowest BCUT2D eigenvalue weighted by Gasteiger charge is -2.18. The fourth-order valence-corrected chi connectivity index (χ4v) is 2.99. The third-order valence-corrected chi connectivity index (χ3v) is 4.40. The summed E-state index contributed by atoms with van der Waals surface area (Å²) in [5, 5.41) is 3.05. The molecule has 0 aliphatic carbocycles. The number of likely N-dealkylation sites (N-methyl/N-ethyl adjacent to an activating group) is 1. The first-order valence-electron chi connectivity index (χ1n) is 8.68. The van der Waals surface area contributed by atoms with Crippen LogP contribution in [0.25, 0.3) is 0 Å². The van der Waals surface area contributed by atoms with Crippen LogP contribution in [-0.2, 0) is 11.3 Å². The molecule has 2 N–H and O–H groups in total. The van der Waals surface area contributed by atoms with Gasteiger partial charge in [-0.3, -0.25) is 4.79 Å². The standard InChI is InChI=1S/C20H24N2O4/c1-14(16-6-9-18-19(10-16)26-13-25-18)21-20(23)12-22(2)11-15-4-7-17(24-3)8-5-15/h4-10,14H,11-13H2,1-3H3,(H,21,23)/p+1/t14-/m0/s1. The van der Waals surface area contributed by atoms with Gasteiger partial charge in [0.1, 0.15) is 12.3 Å². The Labute approximate surface area is 153 Å². The van der Waals surface area contributed by atoms with E-state index in [0.717, 1.165) is 34.3 Å². The highest BCUT2D eigenvalue weighted by Crippen LogP contribution is 2.34. The average Bonchev–Trinajstić information content (AvgIpc) is 3.09. The summed E-state index contributed by atoms with van der Waals surface area (Å²) in [5.74, 6) is 2.32. The summed E-state index contributed by atoms with van der Waals surface area (Å²) in [6.45, 7) is 3.39. The Balaban J connectivity index is 1.50. The molecule has 0 saturated heterocycles. The lowest BCUT2D eigenvalue weighted by Crippen LogP contribution is -3.08. The first kappa shape index (κ1) is 18.1. The Hall–Kier alpha value is -2.73. The van der Waals surface area contributed by atoms with Crippen molar-refractivity contribution in [3.63, 3.8) is 0 Å². The minimum Gasteiger partial charge on any atom is -0.497 e. The van der Waals surface area contributed by atoms with E-state index in [-0.39, 0.29) is 18.7 Å². The quantitative estimate of drug-likeness (QED) is 0.785. The second kappa shape index (κ2) is 8.10. The van der Waals surface area contributed by atoms with Crippen molar-refractivity contribution in [1.82, 2.24) is 5.32 Å². The van der Waals surface area contributed by atoms with Crippen molar-refractivity contribution in [2.75, 3.05) is 27.5 Å². The molecular formula is C20H25N2O4+. The lowest BCUT2D eigenvalue weighted by molar-refractivity contribution is -0.885. The van der Waals surface area contributed by atoms with E-state index in [0.29, 0.717) is 6.54 Å². The number of amides is 1. The van der Waals surface area contributed by atoms with Gasteiger partial charge in [0.2, 0.25) is 6.79 Å². The van der Waals surface area contributed by atoms with Crippen LogP contribution < -0.4 is 24.4 Å². The number of carbonyl (C=O) groups excluding carboxylic acids is 1. The maximum absolute atomic E-state index is 12.4. The van der Waals surface area contributed by atoms with Crippen LogP contribution in [0.2, 0.25) is 0 Å². The third-order valence-electron chi connectivity index (χ3n) is 4.40. The van der Waals surface area contributed by atoms with Crippen molar-refractivity contribution in [3.8, 4) is 17.2 Å². The van der Waals surface area contributed by atoms with Gasteiger partial charge in [0.05, 0.1) is 20.2 Å². The molecule has 0 fully saturated rings. The summed E-state index contributed by atoms with van der Waals surface area (Å²) < 4.78 is 15.9. The molecule has 0 radical (unpaired) electrons. The van der Waals surface area contributed by atoms with Crippen molar-refractivity contribution in [2.24, 2.45) is 0 Å². The average molecular weight is 357 g/mol. The lowest BCUT2D eigenvalue weighted by atomic mass is 10.1. The normalized spacial score (nSPS) is 14.6. The fraction of sp³-hybridized carbons (Fsp3) is 0.350. The number of hydrogen-bond donors (Lipinski definition) is 2. The largest absolute Gasteiger partial charge is 0.497 e. The maximum atomic E-state index is 12.4. The number of hydrogen-bond acceptors (Lipinski definition) is 4. The number of benzene rings is 2. The zero-order valence-electron chi connectivity index (χ0n) is 15.4. The van der Waals surface area contributed by atoms with E-state index >= 15 is 0 Å². The highest BCUT2D eigenvalue weighted by atomic mass is 16.7. The van der Waals surface area contributed by atoms with Crippen LogP contribution in [0.4, 0.5) is 0 Å². The maximum Gasteiger partial charge on any atom is 0.275 e. The van der Waals surface area contributed by atoms with Crippen LogP contribution in [0.5, 0.6) is 17.2 Å². The van der Waals surface area contributed by atoms with Gasteiger partial charge in [-0.1, -0.05) is 6.07 Å². The number of nitrogens with one attached hydrogen (secondary N) is 2. The molecule has 6 heteroatoms. The Bertz CT molecular complexity index is 761. The first-order valence-corrected chi connectivity index (χ1v) is 8.68. The summed E-state index contributed by atoms with van der Waals surface area (Å²) in [6.07, 6.45) is 0. The van der Waals surface area contributed by atoms with Gasteiger partial charge in [-0.15, -0.1) is 0 Å². The van der Waals surface area contributed by atoms with Crippen LogP contribution >= 0.6 is 0 Å². The molecule has 0 bridgehead atoms. The van der Waals surface area contributed by atoms with Crippen LogP contribution in [-0.4, -0.2) is 33.4 Å². The van der Waals surface area contributed by atoms with Gasteiger partial charge < -0.3 is 24.4 Å². The SMILES string of the molecule is COc1ccc(C[NH+](C)CC(=O)N[C@@H](C)c2ccc3c(c2)OCO3)cc1. The van der Waals surface area contributed by atoms with Crippen molar-refractivity contribution >= 4 is 5.91 Å². The summed E-state index contributed by atoms with van der Waals surface area (Å²) in [6, 6.07) is 13.6. The molecule has 2 atom stereocenters. The second-order valence-electron chi connectivity index (χ2n) is 6.56. The Kier molecular flexibility index (Phi) is 5.63. The highest BCUT2D eigenvalue weighted by Gasteiger charge is 2.18. The van der Waals surface area contributed by atoms with E-state index in [1.165, 1.54) is 5.56 Å². The molecule has 2 aromatic carbocycles. The monoisotopic (exact) mass is 357 g/mol. The molecule has 1 amide bonds. The molecular weight excluding hydrogens is 332 g/mol. The Morgan fingerprint density at radius 3 is 2.65 bits per heavy atom. The molecule has 3 rings (SSSR count). The van der Waals surface area contributed by atoms with Gasteiger partial charge in [0, 0.05) is 5.56 Å². The minimum absolute atomic E-state index is 0.0150. The molecule has 1 heterocycles. The fourth-order valence-electron chi connectivity index (χ4n) is 2.99. The topological polar surface area (TPSA) is 61.2 Å². The summed E-state index contributed by atoms with van der Waals surface area (Å²) >= 11 is 0. The third kappa shape index (κ3) is 4.46. The van der Waals surface area contributed by atoms with Crippen molar-refractivity contribution in [1.29, 1.82) is 0 Å². The second-order valence-corrected chi connectivity index (χ2v) is 6.56. The predicted octanol–water partition coefficient (Wildman–Crippen LogP) is 1.32. The van der Waals surface area contributed by atoms with Gasteiger partial charge in [-0.25, -0.2) is 0 Å². The number of fused-ring (bicyclic) bond motifs is 1. The number of ether oxygens (including phenoxy) is 3. The number of carbonyl (C=O) groups is 1. The highest BCUT2D eigenvalue weighted by molar-refractivity contribution is 5.77. The molecule has 2 aromatic rings. The van der Waals surface area contributed by atoms with Gasteiger partial charge in [-0.2, -0.15) is 0 Å². The zero-order valence-corrected chi connectivity index (χ0v) is 15.4.